The number of hydrogen-bond donors (Lipinski definition) is 2. The van der Waals surface area contributed by atoms with Crippen molar-refractivity contribution in [3.63, 3.8) is 0 Å². The van der Waals surface area contributed by atoms with Gasteiger partial charge in [0, 0.05) is 35.6 Å². The molecular weight excluding hydrogens is 526 g/mol. The van der Waals surface area contributed by atoms with Crippen LogP contribution in [0.3, 0.4) is 0 Å². The molecule has 2 aromatic carbocycles. The number of carbonyl (C=O) groups excluding carboxylic acids is 1. The number of benzene rings is 2. The number of aromatic nitrogens is 5. The Kier molecular flexibility index (Phi) is 6.10. The minimum atomic E-state index is -4.19. The third-order valence-corrected chi connectivity index (χ3v) is 7.61. The fourth-order valence-electron chi connectivity index (χ4n) is 4.21. The van der Waals surface area contributed by atoms with E-state index in [1.54, 1.807) is 55.0 Å². The molecule has 2 N–H and O–H groups in total. The van der Waals surface area contributed by atoms with Gasteiger partial charge in [0.05, 0.1) is 16.7 Å². The molecule has 3 aromatic heterocycles. The van der Waals surface area contributed by atoms with Gasteiger partial charge in [0.2, 0.25) is 15.8 Å². The molecule has 12 heteroatoms. The Labute approximate surface area is 221 Å². The highest BCUT2D eigenvalue weighted by Gasteiger charge is 2.27. The van der Waals surface area contributed by atoms with Crippen LogP contribution in [0.15, 0.2) is 67.1 Å². The molecule has 0 bridgehead atoms. The smallest absolute Gasteiger partial charge is 0.237 e. The van der Waals surface area contributed by atoms with Crippen LogP contribution in [0, 0.1) is 11.6 Å². The van der Waals surface area contributed by atoms with Crippen molar-refractivity contribution in [2.24, 2.45) is 0 Å². The van der Waals surface area contributed by atoms with Crippen LogP contribution in [0.2, 0.25) is 0 Å². The summed E-state index contributed by atoms with van der Waals surface area (Å²) >= 11 is 0. The first-order valence-electron chi connectivity index (χ1n) is 12.0. The molecule has 0 radical (unpaired) electrons. The molecule has 1 aliphatic carbocycles. The largest absolute Gasteiger partial charge is 0.287 e. The maximum atomic E-state index is 15.4. The average Bonchev–Trinajstić information content (AvgIpc) is 3.70. The zero-order valence-corrected chi connectivity index (χ0v) is 21.0. The predicted octanol–water partition coefficient (Wildman–Crippen LogP) is 4.74. The van der Waals surface area contributed by atoms with Gasteiger partial charge >= 0.3 is 0 Å². The Bertz CT molecular complexity index is 1820. The second-order valence-corrected chi connectivity index (χ2v) is 11.0. The first-order valence-corrected chi connectivity index (χ1v) is 13.7. The van der Waals surface area contributed by atoms with Crippen molar-refractivity contribution in [3.05, 3.63) is 101 Å². The summed E-state index contributed by atoms with van der Waals surface area (Å²) in [6.07, 6.45) is 7.06. The number of anilines is 1. The molecule has 1 saturated carbocycles. The standard InChI is InChI=1S/C27H20F2N6O3S/c28-21-9-8-19(22(29)24(21)35-39(37,38)14-15-4-2-1-3-5-15)25(36)23-20-10-17(11-32-27(20)34-33-23)18-12-30-26(31-13-18)16-6-7-16/h1-5,8-13,16,35H,6-7,14H2,(H,32,33,34). The monoisotopic (exact) mass is 546 g/mol. The molecule has 0 amide bonds. The van der Waals surface area contributed by atoms with Gasteiger partial charge in [-0.05, 0) is 36.6 Å². The lowest BCUT2D eigenvalue weighted by molar-refractivity contribution is 0.103. The number of nitrogens with zero attached hydrogens (tertiary/aromatic N) is 4. The fraction of sp³-hybridized carbons (Fsp3) is 0.148. The molecule has 9 nitrogen and oxygen atoms in total. The normalized spacial score (nSPS) is 13.5. The quantitative estimate of drug-likeness (QED) is 0.269. The molecule has 1 aliphatic rings. The zero-order valence-electron chi connectivity index (χ0n) is 20.2. The summed E-state index contributed by atoms with van der Waals surface area (Å²) in [4.78, 5) is 26.5. The second kappa shape index (κ2) is 9.62. The number of ketones is 1. The molecule has 196 valence electrons. The Hall–Kier alpha value is -4.58. The molecule has 5 aromatic rings. The van der Waals surface area contributed by atoms with Crippen LogP contribution in [0.25, 0.3) is 22.2 Å². The van der Waals surface area contributed by atoms with E-state index >= 15 is 4.39 Å². The van der Waals surface area contributed by atoms with Gasteiger partial charge in [-0.2, -0.15) is 5.10 Å². The number of nitrogens with one attached hydrogen (secondary N) is 2. The molecular formula is C27H20F2N6O3S. The number of carbonyl (C=O) groups is 1. The highest BCUT2D eigenvalue weighted by atomic mass is 32.2. The van der Waals surface area contributed by atoms with E-state index in [4.69, 9.17) is 0 Å². The van der Waals surface area contributed by atoms with E-state index in [0.717, 1.165) is 30.8 Å². The van der Waals surface area contributed by atoms with E-state index in [2.05, 4.69) is 25.1 Å². The molecule has 6 rings (SSSR count). The van der Waals surface area contributed by atoms with E-state index in [-0.39, 0.29) is 11.3 Å². The van der Waals surface area contributed by atoms with Gasteiger partial charge < -0.3 is 0 Å². The van der Waals surface area contributed by atoms with Crippen LogP contribution in [0.4, 0.5) is 14.5 Å². The van der Waals surface area contributed by atoms with Crippen LogP contribution < -0.4 is 4.72 Å². The molecule has 3 heterocycles. The average molecular weight is 547 g/mol. The van der Waals surface area contributed by atoms with Crippen molar-refractivity contribution in [1.82, 2.24) is 25.1 Å². The van der Waals surface area contributed by atoms with E-state index in [0.29, 0.717) is 28.0 Å². The van der Waals surface area contributed by atoms with Gasteiger partial charge in [0.1, 0.15) is 23.0 Å². The summed E-state index contributed by atoms with van der Waals surface area (Å²) in [6.45, 7) is 0. The van der Waals surface area contributed by atoms with Crippen molar-refractivity contribution in [1.29, 1.82) is 0 Å². The van der Waals surface area contributed by atoms with E-state index in [1.165, 1.54) is 0 Å². The van der Waals surface area contributed by atoms with Crippen LogP contribution >= 0.6 is 0 Å². The SMILES string of the molecule is O=C(c1ccc(F)c(NS(=O)(=O)Cc2ccccc2)c1F)c1[nH]nc2ncc(-c3cnc(C4CC4)nc3)cc12. The molecule has 0 aliphatic heterocycles. The molecule has 1 fully saturated rings. The first kappa shape index (κ1) is 24.7. The predicted molar refractivity (Wildman–Crippen MR) is 139 cm³/mol. The van der Waals surface area contributed by atoms with Crippen molar-refractivity contribution in [2.75, 3.05) is 4.72 Å². The third kappa shape index (κ3) is 4.98. The summed E-state index contributed by atoms with van der Waals surface area (Å²) in [5.74, 6) is -2.67. The number of sulfonamides is 1. The van der Waals surface area contributed by atoms with Crippen LogP contribution in [0.5, 0.6) is 0 Å². The van der Waals surface area contributed by atoms with Crippen molar-refractivity contribution in [3.8, 4) is 11.1 Å². The number of rotatable bonds is 8. The number of H-pyrrole nitrogens is 1. The number of halogens is 2. The lowest BCUT2D eigenvalue weighted by Gasteiger charge is -2.12. The van der Waals surface area contributed by atoms with Crippen LogP contribution in [0.1, 0.15) is 46.2 Å². The maximum absolute atomic E-state index is 15.4. The van der Waals surface area contributed by atoms with Gasteiger partial charge in [0.15, 0.2) is 11.5 Å². The Morgan fingerprint density at radius 1 is 0.974 bits per heavy atom. The zero-order chi connectivity index (χ0) is 27.1. The van der Waals surface area contributed by atoms with Crippen LogP contribution in [-0.4, -0.2) is 39.4 Å². The highest BCUT2D eigenvalue weighted by Crippen LogP contribution is 2.38. The Balaban J connectivity index is 1.32. The van der Waals surface area contributed by atoms with Crippen molar-refractivity contribution < 1.29 is 22.0 Å². The van der Waals surface area contributed by atoms with Gasteiger partial charge in [-0.3, -0.25) is 14.6 Å². The van der Waals surface area contributed by atoms with Gasteiger partial charge in [-0.15, -0.1) is 0 Å². The number of pyridine rings is 1. The highest BCUT2D eigenvalue weighted by molar-refractivity contribution is 7.91. The van der Waals surface area contributed by atoms with Gasteiger partial charge in [-0.1, -0.05) is 30.3 Å². The summed E-state index contributed by atoms with van der Waals surface area (Å²) in [6, 6.07) is 11.6. The Morgan fingerprint density at radius 2 is 1.69 bits per heavy atom. The van der Waals surface area contributed by atoms with E-state index < -0.39 is 44.4 Å². The number of hydrogen-bond acceptors (Lipinski definition) is 7. The summed E-state index contributed by atoms with van der Waals surface area (Å²) < 4.78 is 57.2. The van der Waals surface area contributed by atoms with Crippen LogP contribution in [-0.2, 0) is 15.8 Å². The molecule has 39 heavy (non-hydrogen) atoms. The molecule has 0 spiro atoms. The fourth-order valence-corrected chi connectivity index (χ4v) is 5.41. The van der Waals surface area contributed by atoms with E-state index in [1.807, 2.05) is 4.72 Å². The third-order valence-electron chi connectivity index (χ3n) is 6.38. The Morgan fingerprint density at radius 3 is 2.41 bits per heavy atom. The lowest BCUT2D eigenvalue weighted by atomic mass is 10.0. The summed E-state index contributed by atoms with van der Waals surface area (Å²) in [5.41, 5.74) is 0.375. The number of fused-ring (bicyclic) bond motifs is 1. The number of aromatic amines is 1. The molecule has 0 atom stereocenters. The molecule has 0 saturated heterocycles. The minimum Gasteiger partial charge on any atom is -0.287 e. The summed E-state index contributed by atoms with van der Waals surface area (Å²) in [7, 11) is -4.19. The summed E-state index contributed by atoms with van der Waals surface area (Å²) in [5, 5.41) is 6.90. The maximum Gasteiger partial charge on any atom is 0.237 e. The van der Waals surface area contributed by atoms with Gasteiger partial charge in [0.25, 0.3) is 0 Å². The van der Waals surface area contributed by atoms with Gasteiger partial charge in [-0.25, -0.2) is 32.2 Å². The second-order valence-electron chi connectivity index (χ2n) is 9.26. The van der Waals surface area contributed by atoms with Crippen molar-refractivity contribution in [2.45, 2.75) is 24.5 Å². The lowest BCUT2D eigenvalue weighted by Crippen LogP contribution is -2.18. The first-order chi connectivity index (χ1) is 18.8. The molecule has 0 unspecified atom stereocenters. The topological polar surface area (TPSA) is 131 Å². The van der Waals surface area contributed by atoms with E-state index in [9.17, 15) is 17.6 Å². The van der Waals surface area contributed by atoms with Crippen molar-refractivity contribution >= 4 is 32.5 Å². The minimum absolute atomic E-state index is 0.0848.